The molecule has 0 unspecified atom stereocenters. The maximum absolute atomic E-state index is 6.14. The minimum atomic E-state index is -0.0788. The average Bonchev–Trinajstić information content (AvgIpc) is 2.46. The molecule has 5 nitrogen and oxygen atoms in total. The molecular weight excluding hydrogens is 310 g/mol. The number of halogens is 1. The first-order valence-corrected chi connectivity index (χ1v) is 7.46. The normalized spacial score (nSPS) is 10.7. The second kappa shape index (κ2) is 5.85. The summed E-state index contributed by atoms with van der Waals surface area (Å²) in [6.45, 7) is 4.09. The molecule has 3 aromatic rings. The van der Waals surface area contributed by atoms with E-state index in [4.69, 9.17) is 23.1 Å². The van der Waals surface area contributed by atoms with Crippen LogP contribution in [0.1, 0.15) is 11.1 Å². The van der Waals surface area contributed by atoms with Gasteiger partial charge in [0.1, 0.15) is 0 Å². The number of aliphatic imine (C=N–C) groups is 1. The van der Waals surface area contributed by atoms with E-state index in [0.29, 0.717) is 5.02 Å². The van der Waals surface area contributed by atoms with Gasteiger partial charge in [-0.05, 0) is 37.6 Å². The molecule has 0 aliphatic rings. The van der Waals surface area contributed by atoms with Crippen LogP contribution in [0, 0.1) is 13.8 Å². The summed E-state index contributed by atoms with van der Waals surface area (Å²) in [6, 6.07) is 11.6. The van der Waals surface area contributed by atoms with E-state index in [1.807, 2.05) is 31.2 Å². The lowest BCUT2D eigenvalue weighted by molar-refractivity contribution is 1.17. The van der Waals surface area contributed by atoms with Crippen molar-refractivity contribution < 1.29 is 0 Å². The summed E-state index contributed by atoms with van der Waals surface area (Å²) in [6.07, 6.45) is 0. The molecule has 0 aliphatic carbocycles. The quantitative estimate of drug-likeness (QED) is 0.557. The summed E-state index contributed by atoms with van der Waals surface area (Å²) >= 11 is 6.14. The highest BCUT2D eigenvalue weighted by Gasteiger charge is 2.12. The first-order chi connectivity index (χ1) is 10.9. The number of guanidine groups is 1. The van der Waals surface area contributed by atoms with Crippen LogP contribution in [-0.2, 0) is 0 Å². The number of fused-ring (bicyclic) bond motifs is 1. The summed E-state index contributed by atoms with van der Waals surface area (Å²) in [4.78, 5) is 12.9. The fourth-order valence-corrected chi connectivity index (χ4v) is 2.71. The average molecular weight is 326 g/mol. The van der Waals surface area contributed by atoms with Crippen LogP contribution in [0.25, 0.3) is 22.2 Å². The molecule has 0 bridgehead atoms. The number of nitrogens with two attached hydrogens (primary N) is 2. The Bertz CT molecular complexity index is 930. The number of hydrogen-bond donors (Lipinski definition) is 2. The van der Waals surface area contributed by atoms with Crippen LogP contribution in [0.3, 0.4) is 0 Å². The molecule has 0 atom stereocenters. The van der Waals surface area contributed by atoms with Crippen molar-refractivity contribution in [2.75, 3.05) is 0 Å². The van der Waals surface area contributed by atoms with Gasteiger partial charge in [0.25, 0.3) is 5.95 Å². The molecule has 0 amide bonds. The van der Waals surface area contributed by atoms with E-state index in [0.717, 1.165) is 27.7 Å². The fraction of sp³-hybridized carbons (Fsp3) is 0.118. The lowest BCUT2D eigenvalue weighted by Gasteiger charge is -2.10. The summed E-state index contributed by atoms with van der Waals surface area (Å²) in [5.41, 5.74) is 15.7. The van der Waals surface area contributed by atoms with E-state index in [1.54, 1.807) is 6.07 Å². The van der Waals surface area contributed by atoms with Crippen molar-refractivity contribution in [2.45, 2.75) is 13.8 Å². The molecule has 23 heavy (non-hydrogen) atoms. The third-order valence-corrected chi connectivity index (χ3v) is 3.75. The Morgan fingerprint density at radius 1 is 1.04 bits per heavy atom. The number of benzene rings is 2. The molecule has 0 fully saturated rings. The second-order valence-corrected chi connectivity index (χ2v) is 5.83. The zero-order chi connectivity index (χ0) is 16.6. The molecule has 1 heterocycles. The predicted molar refractivity (Wildman–Crippen MR) is 94.9 cm³/mol. The Labute approximate surface area is 139 Å². The minimum absolute atomic E-state index is 0.0788. The van der Waals surface area contributed by atoms with Gasteiger partial charge in [-0.3, -0.25) is 0 Å². The molecule has 0 radical (unpaired) electrons. The van der Waals surface area contributed by atoms with Gasteiger partial charge in [-0.2, -0.15) is 4.99 Å². The van der Waals surface area contributed by atoms with E-state index in [2.05, 4.69) is 28.0 Å². The summed E-state index contributed by atoms with van der Waals surface area (Å²) in [7, 11) is 0. The van der Waals surface area contributed by atoms with Crippen LogP contribution in [0.5, 0.6) is 0 Å². The summed E-state index contributed by atoms with van der Waals surface area (Å²) in [5.74, 6) is 0.152. The Balaban J connectivity index is 2.36. The molecule has 0 aliphatic heterocycles. The second-order valence-electron chi connectivity index (χ2n) is 5.39. The van der Waals surface area contributed by atoms with Gasteiger partial charge in [0.15, 0.2) is 5.96 Å². The van der Waals surface area contributed by atoms with Gasteiger partial charge in [0.05, 0.1) is 11.2 Å². The molecule has 3 rings (SSSR count). The van der Waals surface area contributed by atoms with Crippen LogP contribution < -0.4 is 11.5 Å². The van der Waals surface area contributed by atoms with Gasteiger partial charge in [-0.25, -0.2) is 9.97 Å². The molecule has 1 aromatic heterocycles. The van der Waals surface area contributed by atoms with E-state index in [9.17, 15) is 0 Å². The van der Waals surface area contributed by atoms with Crippen molar-refractivity contribution in [3.8, 4) is 11.3 Å². The zero-order valence-corrected chi connectivity index (χ0v) is 13.6. The number of nitrogens with zero attached hydrogens (tertiary/aromatic N) is 3. The summed E-state index contributed by atoms with van der Waals surface area (Å²) < 4.78 is 0. The lowest BCUT2D eigenvalue weighted by atomic mass is 10.00. The maximum atomic E-state index is 6.14. The Morgan fingerprint density at radius 2 is 1.83 bits per heavy atom. The third-order valence-electron chi connectivity index (χ3n) is 3.51. The highest BCUT2D eigenvalue weighted by Crippen LogP contribution is 2.32. The highest BCUT2D eigenvalue weighted by molar-refractivity contribution is 6.31. The molecule has 4 N–H and O–H groups in total. The van der Waals surface area contributed by atoms with E-state index < -0.39 is 0 Å². The van der Waals surface area contributed by atoms with Gasteiger partial charge in [0, 0.05) is 16.0 Å². The van der Waals surface area contributed by atoms with Crippen molar-refractivity contribution in [1.29, 1.82) is 0 Å². The fourth-order valence-electron chi connectivity index (χ4n) is 2.54. The monoisotopic (exact) mass is 325 g/mol. The lowest BCUT2D eigenvalue weighted by Crippen LogP contribution is -2.22. The first-order valence-electron chi connectivity index (χ1n) is 7.08. The minimum Gasteiger partial charge on any atom is -0.370 e. The molecule has 6 heteroatoms. The summed E-state index contributed by atoms with van der Waals surface area (Å²) in [5, 5.41) is 1.49. The van der Waals surface area contributed by atoms with Crippen molar-refractivity contribution in [3.05, 3.63) is 52.5 Å². The van der Waals surface area contributed by atoms with Crippen LogP contribution in [0.15, 0.2) is 41.4 Å². The molecule has 116 valence electrons. The predicted octanol–water partition coefficient (Wildman–Crippen LogP) is 3.47. The molecule has 0 spiro atoms. The molecule has 0 saturated heterocycles. The van der Waals surface area contributed by atoms with Gasteiger partial charge in [0.2, 0.25) is 0 Å². The highest BCUT2D eigenvalue weighted by atomic mass is 35.5. The van der Waals surface area contributed by atoms with Crippen molar-refractivity contribution in [3.63, 3.8) is 0 Å². The number of aryl methyl sites for hydroxylation is 2. The van der Waals surface area contributed by atoms with Gasteiger partial charge >= 0.3 is 0 Å². The van der Waals surface area contributed by atoms with Crippen LogP contribution >= 0.6 is 11.6 Å². The van der Waals surface area contributed by atoms with Crippen LogP contribution in [-0.4, -0.2) is 15.9 Å². The van der Waals surface area contributed by atoms with Gasteiger partial charge in [-0.1, -0.05) is 35.4 Å². The van der Waals surface area contributed by atoms with Gasteiger partial charge in [-0.15, -0.1) is 0 Å². The van der Waals surface area contributed by atoms with Crippen LogP contribution in [0.2, 0.25) is 5.02 Å². The van der Waals surface area contributed by atoms with E-state index in [-0.39, 0.29) is 11.9 Å². The maximum Gasteiger partial charge on any atom is 0.253 e. The standard InChI is InChI=1S/C17H16ClN5/c1-9-3-5-12(10(2)7-9)15-13-8-11(18)4-6-14(13)21-17(22-15)23-16(19)20/h3-8H,1-2H3,(H4,19,20,21,22,23). The molecule has 2 aromatic carbocycles. The van der Waals surface area contributed by atoms with Crippen molar-refractivity contribution >= 4 is 34.4 Å². The SMILES string of the molecule is Cc1ccc(-c2nc(N=C(N)N)nc3ccc(Cl)cc23)c(C)c1. The number of hydrogen-bond acceptors (Lipinski definition) is 3. The van der Waals surface area contributed by atoms with Crippen LogP contribution in [0.4, 0.5) is 5.95 Å². The topological polar surface area (TPSA) is 90.2 Å². The molecular formula is C17H16ClN5. The largest absolute Gasteiger partial charge is 0.370 e. The first kappa shape index (κ1) is 15.2. The van der Waals surface area contributed by atoms with E-state index in [1.165, 1.54) is 5.56 Å². The van der Waals surface area contributed by atoms with Crippen molar-refractivity contribution in [2.24, 2.45) is 16.5 Å². The zero-order valence-electron chi connectivity index (χ0n) is 12.8. The third kappa shape index (κ3) is 3.10. The van der Waals surface area contributed by atoms with E-state index >= 15 is 0 Å². The Hall–Kier alpha value is -2.66. The Morgan fingerprint density at radius 3 is 2.52 bits per heavy atom. The number of aromatic nitrogens is 2. The van der Waals surface area contributed by atoms with Crippen molar-refractivity contribution in [1.82, 2.24) is 9.97 Å². The smallest absolute Gasteiger partial charge is 0.253 e. The number of rotatable bonds is 2. The van der Waals surface area contributed by atoms with Gasteiger partial charge < -0.3 is 11.5 Å². The molecule has 0 saturated carbocycles. The Kier molecular flexibility index (Phi) is 3.88.